The van der Waals surface area contributed by atoms with Crippen LogP contribution in [0.15, 0.2) is 66.3 Å². The molecule has 4 aromatic rings. The molecule has 70 heavy (non-hydrogen) atoms. The quantitative estimate of drug-likeness (QED) is 0.0994. The summed E-state index contributed by atoms with van der Waals surface area (Å²) in [5.41, 5.74) is 4.09. The monoisotopic (exact) mass is 993 g/mol. The lowest BCUT2D eigenvalue weighted by Crippen LogP contribution is -2.74. The van der Waals surface area contributed by atoms with E-state index in [9.17, 15) is 29.5 Å². The van der Waals surface area contributed by atoms with E-state index in [-0.39, 0.29) is 62.2 Å². The first-order chi connectivity index (χ1) is 33.1. The second-order valence-corrected chi connectivity index (χ2v) is 22.7. The first-order valence-electron chi connectivity index (χ1n) is 23.9. The number of hydrogen-bond acceptors (Lipinski definition) is 13. The number of rotatable bonds is 16. The average Bonchev–Trinajstić information content (AvgIpc) is 4.14. The third-order valence-electron chi connectivity index (χ3n) is 14.6. The van der Waals surface area contributed by atoms with Gasteiger partial charge in [0.2, 0.25) is 17.7 Å². The minimum atomic E-state index is -0.956. The highest BCUT2D eigenvalue weighted by molar-refractivity contribution is 7.13. The molecule has 5 atom stereocenters. The SMILES string of the molecule is Cc1ncsc1-c1ccc(CNC(=O)[C@@H]2C[C@@H](O)CN2C(=O)[C@@H](NC(=O)COCCN2C[C@H]3C[C@@H]2CN3c2ccc(C(=O)N[C@H]3C(C)(C)[C@H](Oc4ccc(C#N)c(Cl)c4)C3(C)C)cn2)C(C)(C)C)cc1. The first-order valence-corrected chi connectivity index (χ1v) is 25.2. The largest absolute Gasteiger partial charge is 0.489 e. The maximum absolute atomic E-state index is 14.1. The number of fused-ring (bicyclic) bond motifs is 2. The smallest absolute Gasteiger partial charge is 0.253 e. The van der Waals surface area contributed by atoms with Crippen LogP contribution in [-0.4, -0.2) is 130 Å². The van der Waals surface area contributed by atoms with Gasteiger partial charge in [-0.05, 0) is 54.2 Å². The number of piperazine rings is 1. The molecule has 4 fully saturated rings. The maximum Gasteiger partial charge on any atom is 0.253 e. The third-order valence-corrected chi connectivity index (χ3v) is 15.8. The van der Waals surface area contributed by atoms with Crippen LogP contribution in [0.3, 0.4) is 0 Å². The summed E-state index contributed by atoms with van der Waals surface area (Å²) >= 11 is 7.84. The topological polar surface area (TPSA) is 202 Å². The van der Waals surface area contributed by atoms with Crippen molar-refractivity contribution in [2.45, 2.75) is 117 Å². The summed E-state index contributed by atoms with van der Waals surface area (Å²) in [5.74, 6) is -0.0425. The van der Waals surface area contributed by atoms with Gasteiger partial charge in [-0.2, -0.15) is 5.26 Å². The van der Waals surface area contributed by atoms with Crippen molar-refractivity contribution < 1.29 is 33.8 Å². The Morgan fingerprint density at radius 2 is 1.73 bits per heavy atom. The van der Waals surface area contributed by atoms with Crippen molar-refractivity contribution in [2.75, 3.05) is 44.3 Å². The first kappa shape index (κ1) is 50.7. The number of β-amino-alcohol motifs (C(OH)–C–C–N with tert-alkyl or cyclic N) is 1. The zero-order chi connectivity index (χ0) is 50.3. The van der Waals surface area contributed by atoms with Crippen molar-refractivity contribution in [1.82, 2.24) is 35.7 Å². The third kappa shape index (κ3) is 10.5. The molecule has 4 aliphatic rings. The molecule has 16 nitrogen and oxygen atoms in total. The number of carbonyl (C=O) groups is 4. The summed E-state index contributed by atoms with van der Waals surface area (Å²) in [5, 5.41) is 29.3. The molecule has 372 valence electrons. The molecule has 18 heteroatoms. The van der Waals surface area contributed by atoms with Crippen LogP contribution in [0, 0.1) is 34.5 Å². The summed E-state index contributed by atoms with van der Waals surface area (Å²) in [7, 11) is 0. The summed E-state index contributed by atoms with van der Waals surface area (Å²) in [6.07, 6.45) is 1.61. The number of nitrogens with one attached hydrogen (secondary N) is 3. The van der Waals surface area contributed by atoms with E-state index in [1.165, 1.54) is 4.90 Å². The van der Waals surface area contributed by atoms with E-state index >= 15 is 0 Å². The standard InChI is InChI=1S/C52H64ClN9O7S/c1-30-43(70-29-57-30)32-11-9-31(10-12-32)23-56-46(66)40-20-37(63)27-62(40)47(67)44(50(2,3)4)58-42(64)28-68-18-17-60-25-36-19-35(60)26-61(36)41-16-14-34(24-55-41)45(65)59-48-51(5,6)49(52(48,7)8)69-38-15-13-33(22-54)39(53)21-38/h9-16,21,24,29,35-37,40,44,48-49,63H,17-20,23,25-28H2,1-8H3,(H,56,66)(H,58,64)(H,59,65)/t35-,36-,37-,40+,44-,48-,49-/m1/s1. The number of aromatic nitrogens is 2. The van der Waals surface area contributed by atoms with Gasteiger partial charge in [-0.3, -0.25) is 24.1 Å². The fourth-order valence-corrected chi connectivity index (χ4v) is 12.2. The molecule has 4 N–H and O–H groups in total. The molecule has 1 saturated carbocycles. The number of thiazole rings is 1. The van der Waals surface area contributed by atoms with Crippen LogP contribution in [0.5, 0.6) is 5.75 Å². The number of likely N-dealkylation sites (tertiary alicyclic amines) is 2. The molecule has 4 amide bonds. The molecular formula is C52H64ClN9O7S. The number of nitriles is 1. The minimum absolute atomic E-state index is 0.0113. The van der Waals surface area contributed by atoms with Gasteiger partial charge in [0.1, 0.15) is 42.4 Å². The van der Waals surface area contributed by atoms with Gasteiger partial charge in [-0.1, -0.05) is 84.3 Å². The normalized spacial score (nSPS) is 23.8. The van der Waals surface area contributed by atoms with Crippen LogP contribution in [0.25, 0.3) is 10.4 Å². The second-order valence-electron chi connectivity index (χ2n) is 21.4. The van der Waals surface area contributed by atoms with Gasteiger partial charge >= 0.3 is 0 Å². The predicted octanol–water partition coefficient (Wildman–Crippen LogP) is 5.74. The summed E-state index contributed by atoms with van der Waals surface area (Å²) in [6, 6.07) is 17.2. The molecule has 1 aliphatic carbocycles. The number of aliphatic hydroxyl groups is 1. The van der Waals surface area contributed by atoms with Crippen LogP contribution in [0.1, 0.15) is 88.5 Å². The van der Waals surface area contributed by atoms with Gasteiger partial charge in [-0.15, -0.1) is 11.3 Å². The molecule has 3 aliphatic heterocycles. The second kappa shape index (κ2) is 20.2. The summed E-state index contributed by atoms with van der Waals surface area (Å²) in [4.78, 5) is 70.6. The van der Waals surface area contributed by atoms with E-state index in [0.29, 0.717) is 35.1 Å². The maximum atomic E-state index is 14.1. The number of pyridine rings is 1. The van der Waals surface area contributed by atoms with Gasteiger partial charge in [0.15, 0.2) is 0 Å². The van der Waals surface area contributed by atoms with Crippen molar-refractivity contribution in [2.24, 2.45) is 16.2 Å². The van der Waals surface area contributed by atoms with E-state index in [2.05, 4.69) is 64.5 Å². The van der Waals surface area contributed by atoms with Crippen LogP contribution in [0.4, 0.5) is 5.82 Å². The molecule has 2 bridgehead atoms. The van der Waals surface area contributed by atoms with Crippen LogP contribution in [-0.2, 0) is 25.7 Å². The van der Waals surface area contributed by atoms with E-state index in [1.54, 1.807) is 35.7 Å². The number of carbonyl (C=O) groups excluding carboxylic acids is 4. The lowest BCUT2D eigenvalue weighted by atomic mass is 9.49. The van der Waals surface area contributed by atoms with E-state index < -0.39 is 46.2 Å². The number of hydrogen-bond donors (Lipinski definition) is 4. The Morgan fingerprint density at radius 1 is 0.986 bits per heavy atom. The lowest BCUT2D eigenvalue weighted by molar-refractivity contribution is -0.164. The van der Waals surface area contributed by atoms with Crippen LogP contribution >= 0.6 is 22.9 Å². The van der Waals surface area contributed by atoms with Gasteiger partial charge in [-0.25, -0.2) is 9.97 Å². The lowest BCUT2D eigenvalue weighted by Gasteiger charge is -2.63. The fraction of sp³-hybridized carbons (Fsp3) is 0.519. The van der Waals surface area contributed by atoms with E-state index in [0.717, 1.165) is 47.0 Å². The van der Waals surface area contributed by atoms with Crippen molar-refractivity contribution in [3.63, 3.8) is 0 Å². The number of aryl methyl sites for hydroxylation is 1. The highest BCUT2D eigenvalue weighted by atomic mass is 35.5. The molecule has 0 spiro atoms. The summed E-state index contributed by atoms with van der Waals surface area (Å²) in [6.45, 7) is 18.4. The van der Waals surface area contributed by atoms with E-state index in [1.807, 2.05) is 69.6 Å². The number of amides is 4. The van der Waals surface area contributed by atoms with Gasteiger partial charge in [0, 0.05) is 80.4 Å². The highest BCUT2D eigenvalue weighted by Gasteiger charge is 2.64. The highest BCUT2D eigenvalue weighted by Crippen LogP contribution is 2.55. The minimum Gasteiger partial charge on any atom is -0.489 e. The number of benzene rings is 2. The zero-order valence-electron chi connectivity index (χ0n) is 41.1. The Labute approximate surface area is 419 Å². The van der Waals surface area contributed by atoms with Crippen molar-refractivity contribution >= 4 is 52.4 Å². The van der Waals surface area contributed by atoms with Gasteiger partial charge in [0.25, 0.3) is 5.91 Å². The number of nitrogens with zero attached hydrogens (tertiary/aromatic N) is 6. The average molecular weight is 995 g/mol. The molecule has 5 heterocycles. The van der Waals surface area contributed by atoms with Crippen molar-refractivity contribution in [3.05, 3.63) is 93.7 Å². The molecule has 3 saturated heterocycles. The molecule has 2 aromatic carbocycles. The molecule has 2 aromatic heterocycles. The van der Waals surface area contributed by atoms with Crippen molar-refractivity contribution in [1.29, 1.82) is 5.26 Å². The van der Waals surface area contributed by atoms with Crippen LogP contribution in [0.2, 0.25) is 5.02 Å². The zero-order valence-corrected chi connectivity index (χ0v) is 42.7. The number of aliphatic hydroxyl groups excluding tert-OH is 1. The summed E-state index contributed by atoms with van der Waals surface area (Å²) < 4.78 is 12.2. The molecule has 0 radical (unpaired) electrons. The van der Waals surface area contributed by atoms with Gasteiger partial charge in [0.05, 0.1) is 44.9 Å². The predicted molar refractivity (Wildman–Crippen MR) is 267 cm³/mol. The van der Waals surface area contributed by atoms with Gasteiger partial charge < -0.3 is 40.3 Å². The van der Waals surface area contributed by atoms with E-state index in [4.69, 9.17) is 26.1 Å². The Morgan fingerprint density at radius 3 is 2.34 bits per heavy atom. The molecular weight excluding hydrogens is 930 g/mol. The number of ether oxygens (including phenoxy) is 2. The Hall–Kier alpha value is -5.64. The molecule has 0 unspecified atom stereocenters. The Kier molecular flexibility index (Phi) is 14.7. The Balaban J connectivity index is 0.767. The number of halogens is 1. The van der Waals surface area contributed by atoms with Crippen LogP contribution < -0.4 is 25.6 Å². The fourth-order valence-electron chi connectivity index (χ4n) is 11.1. The molecule has 8 rings (SSSR count). The Bertz CT molecular complexity index is 2610. The number of anilines is 1. The van der Waals surface area contributed by atoms with Crippen molar-refractivity contribution in [3.8, 4) is 22.3 Å².